The molecule has 0 bridgehead atoms. The molecule has 0 unspecified atom stereocenters. The molecule has 0 heterocycles. The van der Waals surface area contributed by atoms with Gasteiger partial charge in [0, 0.05) is 25.2 Å². The van der Waals surface area contributed by atoms with Crippen LogP contribution in [0.25, 0.3) is 6.08 Å². The highest BCUT2D eigenvalue weighted by atomic mass is 16.5. The Labute approximate surface area is 204 Å². The molecule has 0 aliphatic rings. The van der Waals surface area contributed by atoms with E-state index in [-0.39, 0.29) is 11.7 Å². The van der Waals surface area contributed by atoms with Crippen molar-refractivity contribution in [1.82, 2.24) is 4.90 Å². The summed E-state index contributed by atoms with van der Waals surface area (Å²) >= 11 is 0. The van der Waals surface area contributed by atoms with Crippen molar-refractivity contribution in [2.24, 2.45) is 0 Å². The Morgan fingerprint density at radius 2 is 1.53 bits per heavy atom. The minimum atomic E-state index is -0.156. The molecule has 0 saturated carbocycles. The fourth-order valence-electron chi connectivity index (χ4n) is 3.33. The Morgan fingerprint density at radius 3 is 2.12 bits per heavy atom. The van der Waals surface area contributed by atoms with E-state index >= 15 is 0 Å². The molecule has 2 aromatic carbocycles. The fraction of sp³-hybridized carbons (Fsp3) is 0.379. The molecule has 34 heavy (non-hydrogen) atoms. The summed E-state index contributed by atoms with van der Waals surface area (Å²) in [5.41, 5.74) is 2.82. The van der Waals surface area contributed by atoms with Crippen LogP contribution in [0.1, 0.15) is 71.4 Å². The first kappa shape index (κ1) is 26.9. The minimum Gasteiger partial charge on any atom is -0.493 e. The second-order valence-corrected chi connectivity index (χ2v) is 8.34. The molecule has 0 aliphatic heterocycles. The normalized spacial score (nSPS) is 10.8. The Balaban J connectivity index is 2.38. The van der Waals surface area contributed by atoms with Gasteiger partial charge < -0.3 is 14.4 Å². The summed E-state index contributed by atoms with van der Waals surface area (Å²) in [5.74, 6) is 1.18. The van der Waals surface area contributed by atoms with Gasteiger partial charge in [-0.15, -0.1) is 6.58 Å². The first-order chi connectivity index (χ1) is 16.4. The van der Waals surface area contributed by atoms with Gasteiger partial charge in [0.25, 0.3) is 5.91 Å². The van der Waals surface area contributed by atoms with Crippen LogP contribution in [0.4, 0.5) is 0 Å². The van der Waals surface area contributed by atoms with Crippen LogP contribution in [0.15, 0.2) is 55.1 Å². The second-order valence-electron chi connectivity index (χ2n) is 8.34. The number of carbonyl (C=O) groups is 2. The average Bonchev–Trinajstić information content (AvgIpc) is 2.84. The summed E-state index contributed by atoms with van der Waals surface area (Å²) in [4.78, 5) is 26.5. The standard InChI is InChI=1S/C29H37NO4/c1-6-9-20-33-27-19-16-23(11-8-3)28(34-21-10-7-2)25(27)17-18-26(31)22-12-14-24(15-13-22)29(32)30(4)5/h8,12-19H,3,6-7,9-11,20-21H2,1-2,4-5H3/b18-17+. The van der Waals surface area contributed by atoms with Gasteiger partial charge in [-0.05, 0) is 55.2 Å². The summed E-state index contributed by atoms with van der Waals surface area (Å²) in [7, 11) is 3.40. The molecule has 182 valence electrons. The van der Waals surface area contributed by atoms with Crippen LogP contribution in [0.5, 0.6) is 11.5 Å². The molecule has 0 fully saturated rings. The number of hydrogen-bond acceptors (Lipinski definition) is 4. The van der Waals surface area contributed by atoms with Crippen molar-refractivity contribution in [3.63, 3.8) is 0 Å². The van der Waals surface area contributed by atoms with Gasteiger partial charge in [-0.3, -0.25) is 9.59 Å². The lowest BCUT2D eigenvalue weighted by molar-refractivity contribution is 0.0827. The van der Waals surface area contributed by atoms with E-state index in [4.69, 9.17) is 9.47 Å². The predicted molar refractivity (Wildman–Crippen MR) is 139 cm³/mol. The zero-order valence-corrected chi connectivity index (χ0v) is 20.9. The molecule has 0 N–H and O–H groups in total. The lowest BCUT2D eigenvalue weighted by Gasteiger charge is -2.17. The monoisotopic (exact) mass is 463 g/mol. The number of nitrogens with zero attached hydrogens (tertiary/aromatic N) is 1. The molecule has 2 aromatic rings. The molecule has 0 spiro atoms. The van der Waals surface area contributed by atoms with Crippen molar-refractivity contribution in [3.05, 3.63) is 77.4 Å². The first-order valence-electron chi connectivity index (χ1n) is 12.0. The molecular weight excluding hydrogens is 426 g/mol. The summed E-state index contributed by atoms with van der Waals surface area (Å²) in [5, 5.41) is 0. The largest absolute Gasteiger partial charge is 0.493 e. The molecule has 0 aliphatic carbocycles. The summed E-state index contributed by atoms with van der Waals surface area (Å²) < 4.78 is 12.2. The van der Waals surface area contributed by atoms with Gasteiger partial charge >= 0.3 is 0 Å². The molecule has 0 aromatic heterocycles. The average molecular weight is 464 g/mol. The summed E-state index contributed by atoms with van der Waals surface area (Å²) in [6, 6.07) is 10.6. The fourth-order valence-corrected chi connectivity index (χ4v) is 3.33. The number of carbonyl (C=O) groups excluding carboxylic acids is 2. The SMILES string of the molecule is C=CCc1ccc(OCCCC)c(/C=C/C(=O)c2ccc(C(=O)N(C)C)cc2)c1OCCCC. The molecule has 0 radical (unpaired) electrons. The molecule has 0 atom stereocenters. The highest BCUT2D eigenvalue weighted by Crippen LogP contribution is 2.35. The second kappa shape index (κ2) is 14.0. The maximum absolute atomic E-state index is 12.9. The third-order valence-corrected chi connectivity index (χ3v) is 5.33. The van der Waals surface area contributed by atoms with Crippen LogP contribution >= 0.6 is 0 Å². The van der Waals surface area contributed by atoms with Crippen LogP contribution < -0.4 is 9.47 Å². The van der Waals surface area contributed by atoms with E-state index in [1.807, 2.05) is 18.2 Å². The van der Waals surface area contributed by atoms with Crippen LogP contribution in [0.2, 0.25) is 0 Å². The Bertz CT molecular complexity index is 990. The predicted octanol–water partition coefficient (Wildman–Crippen LogP) is 6.37. The van der Waals surface area contributed by atoms with E-state index in [0.29, 0.717) is 36.5 Å². The zero-order chi connectivity index (χ0) is 24.9. The molecule has 0 saturated heterocycles. The number of allylic oxidation sites excluding steroid dienone is 2. The molecule has 2 rings (SSSR count). The van der Waals surface area contributed by atoms with Crippen molar-refractivity contribution in [3.8, 4) is 11.5 Å². The van der Waals surface area contributed by atoms with Crippen LogP contribution in [0, 0.1) is 0 Å². The van der Waals surface area contributed by atoms with Gasteiger partial charge in [0.2, 0.25) is 0 Å². The van der Waals surface area contributed by atoms with Gasteiger partial charge in [0.1, 0.15) is 11.5 Å². The molecular formula is C29H37NO4. The van der Waals surface area contributed by atoms with E-state index in [1.54, 1.807) is 44.4 Å². The third kappa shape index (κ3) is 7.62. The van der Waals surface area contributed by atoms with Crippen LogP contribution in [-0.2, 0) is 6.42 Å². The van der Waals surface area contributed by atoms with Gasteiger partial charge in [-0.25, -0.2) is 0 Å². The highest BCUT2D eigenvalue weighted by molar-refractivity contribution is 6.07. The Hall–Kier alpha value is -3.34. The highest BCUT2D eigenvalue weighted by Gasteiger charge is 2.15. The van der Waals surface area contributed by atoms with Crippen molar-refractivity contribution >= 4 is 17.8 Å². The number of unbranched alkanes of at least 4 members (excludes halogenated alkanes) is 2. The number of ether oxygens (including phenoxy) is 2. The summed E-state index contributed by atoms with van der Waals surface area (Å²) in [6.45, 7) is 9.29. The van der Waals surface area contributed by atoms with Crippen molar-refractivity contribution < 1.29 is 19.1 Å². The number of rotatable bonds is 14. The topological polar surface area (TPSA) is 55.8 Å². The maximum atomic E-state index is 12.9. The smallest absolute Gasteiger partial charge is 0.253 e. The summed E-state index contributed by atoms with van der Waals surface area (Å²) in [6.07, 6.45) is 9.76. The van der Waals surface area contributed by atoms with Crippen molar-refractivity contribution in [2.75, 3.05) is 27.3 Å². The third-order valence-electron chi connectivity index (χ3n) is 5.33. The molecule has 5 heteroatoms. The zero-order valence-electron chi connectivity index (χ0n) is 20.9. The molecule has 5 nitrogen and oxygen atoms in total. The van der Waals surface area contributed by atoms with Gasteiger partial charge in [0.15, 0.2) is 5.78 Å². The van der Waals surface area contributed by atoms with E-state index < -0.39 is 0 Å². The lowest BCUT2D eigenvalue weighted by atomic mass is 10.0. The Kier molecular flexibility index (Phi) is 11.1. The van der Waals surface area contributed by atoms with E-state index in [0.717, 1.165) is 42.6 Å². The molecule has 1 amide bonds. The number of hydrogen-bond donors (Lipinski definition) is 0. The van der Waals surface area contributed by atoms with Crippen molar-refractivity contribution in [2.45, 2.75) is 46.0 Å². The van der Waals surface area contributed by atoms with E-state index in [1.165, 1.54) is 11.0 Å². The lowest BCUT2D eigenvalue weighted by Crippen LogP contribution is -2.21. The van der Waals surface area contributed by atoms with E-state index in [9.17, 15) is 9.59 Å². The quantitative estimate of drug-likeness (QED) is 0.141. The van der Waals surface area contributed by atoms with Crippen LogP contribution in [-0.4, -0.2) is 43.9 Å². The number of amides is 1. The first-order valence-corrected chi connectivity index (χ1v) is 12.0. The van der Waals surface area contributed by atoms with Gasteiger partial charge in [-0.1, -0.05) is 51.0 Å². The van der Waals surface area contributed by atoms with Gasteiger partial charge in [-0.2, -0.15) is 0 Å². The van der Waals surface area contributed by atoms with Crippen LogP contribution in [0.3, 0.4) is 0 Å². The Morgan fingerprint density at radius 1 is 0.912 bits per heavy atom. The van der Waals surface area contributed by atoms with Crippen molar-refractivity contribution in [1.29, 1.82) is 0 Å². The number of ketones is 1. The maximum Gasteiger partial charge on any atom is 0.253 e. The minimum absolute atomic E-state index is 0.101. The number of benzene rings is 2. The van der Waals surface area contributed by atoms with Gasteiger partial charge in [0.05, 0.1) is 18.8 Å². The van der Waals surface area contributed by atoms with E-state index in [2.05, 4.69) is 20.4 Å².